The molecule has 0 N–H and O–H groups in total. The minimum atomic E-state index is -2.55. The fourth-order valence-electron chi connectivity index (χ4n) is 1.10. The van der Waals surface area contributed by atoms with E-state index in [0.717, 1.165) is 12.8 Å². The first-order valence-corrected chi connectivity index (χ1v) is 6.15. The normalized spacial score (nSPS) is 18.3. The van der Waals surface area contributed by atoms with Gasteiger partial charge in [-0.05, 0) is 25.0 Å². The van der Waals surface area contributed by atoms with Gasteiger partial charge >= 0.3 is 0 Å². The topological polar surface area (TPSA) is 64.3 Å². The van der Waals surface area contributed by atoms with Crippen molar-refractivity contribution in [1.82, 2.24) is 0 Å². The number of aldehydes is 1. The van der Waals surface area contributed by atoms with Gasteiger partial charge in [-0.25, -0.2) is 8.42 Å². The molecule has 1 fully saturated rings. The number of hydrogen-bond donors (Lipinski definition) is 0. The van der Waals surface area contributed by atoms with Crippen LogP contribution in [0.15, 0.2) is 22.8 Å². The van der Waals surface area contributed by atoms with Crippen LogP contribution in [-0.4, -0.2) is 26.2 Å². The van der Waals surface area contributed by atoms with Crippen molar-refractivity contribution in [1.29, 1.82) is 0 Å². The molecule has 1 aromatic heterocycles. The molecule has 5 heteroatoms. The third-order valence-corrected chi connectivity index (χ3v) is 3.64. The maximum atomic E-state index is 10.4. The smallest absolute Gasteiger partial charge is 0.185 e. The highest BCUT2D eigenvalue weighted by molar-refractivity contribution is 7.91. The van der Waals surface area contributed by atoms with Crippen LogP contribution in [0.25, 0.3) is 0 Å². The molecule has 1 saturated heterocycles. The van der Waals surface area contributed by atoms with E-state index in [1.54, 1.807) is 12.1 Å². The van der Waals surface area contributed by atoms with Crippen LogP contribution >= 0.6 is 0 Å². The van der Waals surface area contributed by atoms with Gasteiger partial charge < -0.3 is 4.42 Å². The van der Waals surface area contributed by atoms with Crippen molar-refractivity contribution in [3.05, 3.63) is 24.2 Å². The maximum absolute atomic E-state index is 10.4. The van der Waals surface area contributed by atoms with Gasteiger partial charge in [0.25, 0.3) is 0 Å². The molecule has 0 spiro atoms. The van der Waals surface area contributed by atoms with Crippen molar-refractivity contribution in [3.8, 4) is 0 Å². The third-order valence-electron chi connectivity index (χ3n) is 1.82. The predicted octanol–water partition coefficient (Wildman–Crippen LogP) is 1.29. The first kappa shape index (κ1) is 11.0. The summed E-state index contributed by atoms with van der Waals surface area (Å²) in [6.07, 6.45) is 3.88. The van der Waals surface area contributed by atoms with E-state index in [0.29, 0.717) is 23.6 Å². The van der Waals surface area contributed by atoms with Gasteiger partial charge in [0.15, 0.2) is 12.0 Å². The molecule has 2 heterocycles. The molecular formula is C9H12O4S. The lowest BCUT2D eigenvalue weighted by molar-refractivity contribution is 0.110. The van der Waals surface area contributed by atoms with Gasteiger partial charge in [0.2, 0.25) is 0 Å². The molecule has 1 aliphatic rings. The molecule has 0 atom stereocenters. The van der Waals surface area contributed by atoms with E-state index < -0.39 is 9.84 Å². The van der Waals surface area contributed by atoms with Gasteiger partial charge in [0, 0.05) is 0 Å². The Balaban J connectivity index is 0.000000140. The summed E-state index contributed by atoms with van der Waals surface area (Å²) < 4.78 is 25.5. The summed E-state index contributed by atoms with van der Waals surface area (Å²) in [6, 6.07) is 3.27. The number of hydrogen-bond acceptors (Lipinski definition) is 4. The first-order valence-electron chi connectivity index (χ1n) is 4.33. The summed E-state index contributed by atoms with van der Waals surface area (Å²) in [6.45, 7) is 0. The second-order valence-corrected chi connectivity index (χ2v) is 5.30. The second kappa shape index (κ2) is 4.95. The van der Waals surface area contributed by atoms with Gasteiger partial charge in [-0.1, -0.05) is 0 Å². The van der Waals surface area contributed by atoms with Crippen LogP contribution in [0.4, 0.5) is 0 Å². The van der Waals surface area contributed by atoms with Crippen molar-refractivity contribution >= 4 is 16.1 Å². The molecule has 2 rings (SSSR count). The molecule has 1 aliphatic heterocycles. The molecule has 0 aliphatic carbocycles. The van der Waals surface area contributed by atoms with Gasteiger partial charge in [-0.3, -0.25) is 4.79 Å². The summed E-state index contributed by atoms with van der Waals surface area (Å²) in [5.41, 5.74) is 0. The summed E-state index contributed by atoms with van der Waals surface area (Å²) in [5, 5.41) is 0. The Kier molecular flexibility index (Phi) is 3.88. The molecule has 0 bridgehead atoms. The Morgan fingerprint density at radius 3 is 2.14 bits per heavy atom. The average molecular weight is 216 g/mol. The Hall–Kier alpha value is -1.10. The fraction of sp³-hybridized carbons (Fsp3) is 0.444. The third kappa shape index (κ3) is 3.74. The highest BCUT2D eigenvalue weighted by Gasteiger charge is 2.16. The van der Waals surface area contributed by atoms with Crippen LogP contribution < -0.4 is 0 Å². The molecule has 14 heavy (non-hydrogen) atoms. The molecule has 0 aromatic carbocycles. The summed E-state index contributed by atoms with van der Waals surface area (Å²) in [7, 11) is -2.55. The van der Waals surface area contributed by atoms with E-state index in [1.807, 2.05) is 0 Å². The highest BCUT2D eigenvalue weighted by Crippen LogP contribution is 2.08. The summed E-state index contributed by atoms with van der Waals surface area (Å²) >= 11 is 0. The zero-order valence-corrected chi connectivity index (χ0v) is 8.50. The van der Waals surface area contributed by atoms with Gasteiger partial charge in [-0.15, -0.1) is 0 Å². The Morgan fingerprint density at radius 1 is 1.29 bits per heavy atom. The number of rotatable bonds is 1. The second-order valence-electron chi connectivity index (χ2n) is 2.99. The lowest BCUT2D eigenvalue weighted by Crippen LogP contribution is -1.98. The zero-order chi connectivity index (χ0) is 10.4. The molecule has 0 saturated carbocycles. The summed E-state index contributed by atoms with van der Waals surface area (Å²) in [4.78, 5) is 9.77. The zero-order valence-electron chi connectivity index (χ0n) is 7.68. The van der Waals surface area contributed by atoms with Crippen molar-refractivity contribution in [2.45, 2.75) is 12.8 Å². The molecular weight excluding hydrogens is 204 g/mol. The lowest BCUT2D eigenvalue weighted by Gasteiger charge is -1.81. The molecule has 0 radical (unpaired) electrons. The Labute approximate surface area is 82.8 Å². The number of carbonyl (C=O) groups is 1. The van der Waals surface area contributed by atoms with E-state index in [4.69, 9.17) is 0 Å². The van der Waals surface area contributed by atoms with Crippen molar-refractivity contribution in [2.75, 3.05) is 11.5 Å². The minimum Gasteiger partial charge on any atom is -0.462 e. The number of furan rings is 1. The van der Waals surface area contributed by atoms with Crippen LogP contribution in [-0.2, 0) is 9.84 Å². The molecule has 78 valence electrons. The average Bonchev–Trinajstić information content (AvgIpc) is 2.76. The number of carbonyl (C=O) groups excluding carboxylic acids is 1. The minimum absolute atomic E-state index is 0.375. The Bertz CT molecular complexity index is 352. The van der Waals surface area contributed by atoms with E-state index >= 15 is 0 Å². The van der Waals surface area contributed by atoms with Crippen LogP contribution in [0.2, 0.25) is 0 Å². The SMILES string of the molecule is O=Cc1ccco1.O=S1(=O)CCCC1. The molecule has 0 amide bonds. The molecule has 0 unspecified atom stereocenters. The predicted molar refractivity (Wildman–Crippen MR) is 52.0 cm³/mol. The summed E-state index contributed by atoms with van der Waals surface area (Å²) in [5.74, 6) is 1.22. The fourth-order valence-corrected chi connectivity index (χ4v) is 2.60. The van der Waals surface area contributed by atoms with E-state index in [-0.39, 0.29) is 0 Å². The Morgan fingerprint density at radius 2 is 1.93 bits per heavy atom. The van der Waals surface area contributed by atoms with E-state index in [9.17, 15) is 13.2 Å². The van der Waals surface area contributed by atoms with Crippen LogP contribution in [0, 0.1) is 0 Å². The first-order chi connectivity index (χ1) is 6.64. The van der Waals surface area contributed by atoms with Crippen molar-refractivity contribution in [3.63, 3.8) is 0 Å². The van der Waals surface area contributed by atoms with Crippen molar-refractivity contribution < 1.29 is 17.6 Å². The number of sulfone groups is 1. The standard InChI is InChI=1S/C5H4O2.C4H8O2S/c6-4-5-2-1-3-7-5;5-7(6)3-1-2-4-7/h1-4H;1-4H2. The van der Waals surface area contributed by atoms with E-state index in [2.05, 4.69) is 4.42 Å². The van der Waals surface area contributed by atoms with Gasteiger partial charge in [0.1, 0.15) is 9.84 Å². The van der Waals surface area contributed by atoms with E-state index in [1.165, 1.54) is 6.26 Å². The lowest BCUT2D eigenvalue weighted by atomic mass is 10.4. The monoisotopic (exact) mass is 216 g/mol. The molecule has 4 nitrogen and oxygen atoms in total. The van der Waals surface area contributed by atoms with Crippen molar-refractivity contribution in [2.24, 2.45) is 0 Å². The van der Waals surface area contributed by atoms with Crippen LogP contribution in [0.5, 0.6) is 0 Å². The largest absolute Gasteiger partial charge is 0.462 e. The highest BCUT2D eigenvalue weighted by atomic mass is 32.2. The molecule has 1 aromatic rings. The van der Waals surface area contributed by atoms with Gasteiger partial charge in [-0.2, -0.15) is 0 Å². The van der Waals surface area contributed by atoms with Crippen LogP contribution in [0.1, 0.15) is 23.4 Å². The maximum Gasteiger partial charge on any atom is 0.185 e. The van der Waals surface area contributed by atoms with Gasteiger partial charge in [0.05, 0.1) is 17.8 Å². The van der Waals surface area contributed by atoms with Crippen LogP contribution in [0.3, 0.4) is 0 Å². The quantitative estimate of drug-likeness (QED) is 0.663.